The molecule has 4 aromatic rings. The van der Waals surface area contributed by atoms with E-state index in [4.69, 9.17) is 16.3 Å². The summed E-state index contributed by atoms with van der Waals surface area (Å²) in [5.74, 6) is 1.48. The fraction of sp³-hybridized carbons (Fsp3) is 0.0357. The molecular formula is C28H21ClO2S. The third-order valence-corrected chi connectivity index (χ3v) is 6.02. The molecule has 0 N–H and O–H groups in total. The summed E-state index contributed by atoms with van der Waals surface area (Å²) in [6, 6.07) is 32.5. The fourth-order valence-corrected chi connectivity index (χ4v) is 4.08. The van der Waals surface area contributed by atoms with Crippen molar-refractivity contribution in [3.63, 3.8) is 0 Å². The lowest BCUT2D eigenvalue weighted by Gasteiger charge is -2.09. The molecule has 0 saturated carbocycles. The Kier molecular flexibility index (Phi) is 7.10. The fourth-order valence-electron chi connectivity index (χ4n) is 3.03. The van der Waals surface area contributed by atoms with Gasteiger partial charge in [0.15, 0.2) is 5.78 Å². The molecule has 0 amide bonds. The average Bonchev–Trinajstić information content (AvgIpc) is 2.82. The normalized spacial score (nSPS) is 11.2. The summed E-state index contributed by atoms with van der Waals surface area (Å²) < 4.78 is 5.87. The van der Waals surface area contributed by atoms with E-state index in [1.807, 2.05) is 91.9 Å². The number of thioether (sulfide) groups is 1. The average molecular weight is 457 g/mol. The maximum Gasteiger partial charge on any atom is 0.199 e. The first-order valence-electron chi connectivity index (χ1n) is 10.2. The first-order valence-corrected chi connectivity index (χ1v) is 11.4. The Morgan fingerprint density at radius 2 is 1.41 bits per heavy atom. The number of benzene rings is 4. The number of rotatable bonds is 7. The summed E-state index contributed by atoms with van der Waals surface area (Å²) in [7, 11) is 0. The second-order valence-electron chi connectivity index (χ2n) is 7.24. The molecule has 0 radical (unpaired) electrons. The van der Waals surface area contributed by atoms with Crippen molar-refractivity contribution in [3.05, 3.63) is 130 Å². The standard InChI is InChI=1S/C28H21ClO2S/c1-20-7-17-26(18-8-20)32-27(28(30)22-11-13-23(29)14-12-22)19-21-9-15-25(16-10-21)31-24-5-3-2-4-6-24/h2-19H,1H3/b27-19+. The molecule has 0 aromatic heterocycles. The summed E-state index contributed by atoms with van der Waals surface area (Å²) in [6.07, 6.45) is 1.91. The maximum absolute atomic E-state index is 13.3. The number of allylic oxidation sites excluding steroid dienone is 1. The Labute approximate surface area is 197 Å². The largest absolute Gasteiger partial charge is 0.457 e. The van der Waals surface area contributed by atoms with Crippen LogP contribution < -0.4 is 4.74 Å². The molecular weight excluding hydrogens is 436 g/mol. The number of Topliss-reactive ketones (excluding diaryl/α,β-unsaturated/α-hetero) is 1. The van der Waals surface area contributed by atoms with E-state index < -0.39 is 0 Å². The topological polar surface area (TPSA) is 26.3 Å². The first-order chi connectivity index (χ1) is 15.6. The van der Waals surface area contributed by atoms with Gasteiger partial charge in [-0.1, -0.05) is 71.4 Å². The molecule has 0 bridgehead atoms. The van der Waals surface area contributed by atoms with E-state index in [2.05, 4.69) is 0 Å². The molecule has 4 rings (SSSR count). The molecule has 0 fully saturated rings. The number of aryl methyl sites for hydroxylation is 1. The van der Waals surface area contributed by atoms with E-state index >= 15 is 0 Å². The third kappa shape index (κ3) is 5.91. The van der Waals surface area contributed by atoms with Crippen LogP contribution in [0.15, 0.2) is 113 Å². The smallest absolute Gasteiger partial charge is 0.199 e. The van der Waals surface area contributed by atoms with E-state index in [1.54, 1.807) is 24.3 Å². The van der Waals surface area contributed by atoms with Crippen molar-refractivity contribution in [2.75, 3.05) is 0 Å². The third-order valence-electron chi connectivity index (χ3n) is 4.74. The maximum atomic E-state index is 13.3. The Morgan fingerprint density at radius 1 is 0.781 bits per heavy atom. The van der Waals surface area contributed by atoms with E-state index in [0.29, 0.717) is 15.5 Å². The van der Waals surface area contributed by atoms with Gasteiger partial charge >= 0.3 is 0 Å². The molecule has 0 aliphatic rings. The molecule has 0 unspecified atom stereocenters. The molecule has 0 atom stereocenters. The first kappa shape index (κ1) is 21.9. The molecule has 158 valence electrons. The van der Waals surface area contributed by atoms with E-state index in [-0.39, 0.29) is 5.78 Å². The van der Waals surface area contributed by atoms with Crippen LogP contribution in [0.1, 0.15) is 21.5 Å². The van der Waals surface area contributed by atoms with Crippen LogP contribution in [-0.4, -0.2) is 5.78 Å². The van der Waals surface area contributed by atoms with Gasteiger partial charge < -0.3 is 4.74 Å². The van der Waals surface area contributed by atoms with Crippen molar-refractivity contribution < 1.29 is 9.53 Å². The molecule has 0 aliphatic heterocycles. The Balaban J connectivity index is 1.61. The SMILES string of the molecule is Cc1ccc(S/C(=C/c2ccc(Oc3ccccc3)cc2)C(=O)c2ccc(Cl)cc2)cc1. The van der Waals surface area contributed by atoms with Crippen LogP contribution in [0.3, 0.4) is 0 Å². The Hall–Kier alpha value is -3.27. The van der Waals surface area contributed by atoms with Gasteiger partial charge in [0, 0.05) is 15.5 Å². The highest BCUT2D eigenvalue weighted by Gasteiger charge is 2.14. The monoisotopic (exact) mass is 456 g/mol. The molecule has 0 aliphatic carbocycles. The molecule has 4 heteroatoms. The summed E-state index contributed by atoms with van der Waals surface area (Å²) in [5.41, 5.74) is 2.70. The lowest BCUT2D eigenvalue weighted by molar-refractivity contribution is 0.104. The lowest BCUT2D eigenvalue weighted by atomic mass is 10.1. The summed E-state index contributed by atoms with van der Waals surface area (Å²) in [6.45, 7) is 2.04. The zero-order chi connectivity index (χ0) is 22.3. The minimum absolute atomic E-state index is 0.0446. The quantitative estimate of drug-likeness (QED) is 0.158. The number of ketones is 1. The van der Waals surface area contributed by atoms with Crippen LogP contribution >= 0.6 is 23.4 Å². The number of hydrogen-bond donors (Lipinski definition) is 0. The second kappa shape index (κ2) is 10.4. The molecule has 0 spiro atoms. The minimum atomic E-state index is -0.0446. The Bertz CT molecular complexity index is 1210. The predicted octanol–water partition coefficient (Wildman–Crippen LogP) is 8.46. The highest BCUT2D eigenvalue weighted by atomic mass is 35.5. The van der Waals surface area contributed by atoms with Crippen molar-refractivity contribution in [2.45, 2.75) is 11.8 Å². The van der Waals surface area contributed by atoms with Gasteiger partial charge in [0.1, 0.15) is 11.5 Å². The van der Waals surface area contributed by atoms with Crippen LogP contribution in [0.4, 0.5) is 0 Å². The summed E-state index contributed by atoms with van der Waals surface area (Å²) >= 11 is 7.45. The van der Waals surface area contributed by atoms with Crippen LogP contribution in [0.5, 0.6) is 11.5 Å². The van der Waals surface area contributed by atoms with Crippen molar-refractivity contribution in [1.82, 2.24) is 0 Å². The van der Waals surface area contributed by atoms with E-state index in [9.17, 15) is 4.79 Å². The number of carbonyl (C=O) groups excluding carboxylic acids is 1. The van der Waals surface area contributed by atoms with Crippen LogP contribution in [-0.2, 0) is 0 Å². The van der Waals surface area contributed by atoms with Crippen LogP contribution in [0.25, 0.3) is 6.08 Å². The van der Waals surface area contributed by atoms with Gasteiger partial charge in [-0.3, -0.25) is 4.79 Å². The molecule has 2 nitrogen and oxygen atoms in total. The predicted molar refractivity (Wildman–Crippen MR) is 134 cm³/mol. The summed E-state index contributed by atoms with van der Waals surface area (Å²) in [4.78, 5) is 14.9. The molecule has 32 heavy (non-hydrogen) atoms. The number of halogens is 1. The zero-order valence-electron chi connectivity index (χ0n) is 17.5. The van der Waals surface area contributed by atoms with Crippen LogP contribution in [0, 0.1) is 6.92 Å². The Morgan fingerprint density at radius 3 is 2.06 bits per heavy atom. The minimum Gasteiger partial charge on any atom is -0.457 e. The van der Waals surface area contributed by atoms with Gasteiger partial charge in [0.25, 0.3) is 0 Å². The number of hydrogen-bond acceptors (Lipinski definition) is 3. The molecule has 0 saturated heterocycles. The number of ether oxygens (including phenoxy) is 1. The van der Waals surface area contributed by atoms with Crippen molar-refractivity contribution in [1.29, 1.82) is 0 Å². The lowest BCUT2D eigenvalue weighted by Crippen LogP contribution is -2.01. The molecule has 0 heterocycles. The number of carbonyl (C=O) groups is 1. The highest BCUT2D eigenvalue weighted by molar-refractivity contribution is 8.04. The second-order valence-corrected chi connectivity index (χ2v) is 8.80. The van der Waals surface area contributed by atoms with Crippen molar-refractivity contribution in [2.24, 2.45) is 0 Å². The van der Waals surface area contributed by atoms with Crippen molar-refractivity contribution in [3.8, 4) is 11.5 Å². The van der Waals surface area contributed by atoms with Crippen molar-refractivity contribution >= 4 is 35.2 Å². The van der Waals surface area contributed by atoms with Gasteiger partial charge in [0.2, 0.25) is 0 Å². The number of para-hydroxylation sites is 1. The van der Waals surface area contributed by atoms with E-state index in [0.717, 1.165) is 22.0 Å². The van der Waals surface area contributed by atoms with Gasteiger partial charge in [-0.25, -0.2) is 0 Å². The van der Waals surface area contributed by atoms with Gasteiger partial charge in [-0.05, 0) is 79.2 Å². The van der Waals surface area contributed by atoms with Crippen LogP contribution in [0.2, 0.25) is 5.02 Å². The summed E-state index contributed by atoms with van der Waals surface area (Å²) in [5, 5.41) is 0.604. The van der Waals surface area contributed by atoms with E-state index in [1.165, 1.54) is 17.3 Å². The highest BCUT2D eigenvalue weighted by Crippen LogP contribution is 2.32. The van der Waals surface area contributed by atoms with Gasteiger partial charge in [-0.2, -0.15) is 0 Å². The molecule has 4 aromatic carbocycles. The van der Waals surface area contributed by atoms with Gasteiger partial charge in [0.05, 0.1) is 4.91 Å². The zero-order valence-corrected chi connectivity index (χ0v) is 19.1. The van der Waals surface area contributed by atoms with Gasteiger partial charge in [-0.15, -0.1) is 0 Å².